The van der Waals surface area contributed by atoms with Gasteiger partial charge in [-0.1, -0.05) is 67.4 Å². The lowest BCUT2D eigenvalue weighted by molar-refractivity contribution is -0.149. The largest absolute Gasteiger partial charge is 0.464 e. The van der Waals surface area contributed by atoms with Crippen LogP contribution in [0, 0.1) is 0 Å². The molecule has 0 heterocycles. The molecule has 0 aliphatic carbocycles. The molecule has 0 saturated heterocycles. The topological polar surface area (TPSA) is 99.2 Å². The van der Waals surface area contributed by atoms with E-state index in [4.69, 9.17) is 14.2 Å². The van der Waals surface area contributed by atoms with Gasteiger partial charge in [0.15, 0.2) is 5.78 Å². The fraction of sp³-hybridized carbons (Fsp3) is 0.543. The molecule has 0 N–H and O–H groups in total. The van der Waals surface area contributed by atoms with Crippen molar-refractivity contribution in [2.24, 2.45) is 0 Å². The molecular weight excluding hydrogens is 546 g/mol. The Balaban J connectivity index is 2.07. The zero-order chi connectivity index (χ0) is 31.7. The molecular formula is C35H49NO7. The van der Waals surface area contributed by atoms with Crippen molar-refractivity contribution >= 4 is 23.6 Å². The number of unbranched alkanes of at least 4 members (excludes halogenated alkanes) is 3. The van der Waals surface area contributed by atoms with E-state index in [2.05, 4.69) is 0 Å². The predicted molar refractivity (Wildman–Crippen MR) is 167 cm³/mol. The van der Waals surface area contributed by atoms with E-state index in [0.717, 1.165) is 42.4 Å². The lowest BCUT2D eigenvalue weighted by Crippen LogP contribution is -2.48. The molecule has 0 fully saturated rings. The molecule has 2 aromatic rings. The predicted octanol–water partition coefficient (Wildman–Crippen LogP) is 6.66. The first kappa shape index (κ1) is 35.7. The molecule has 2 rings (SSSR count). The Morgan fingerprint density at radius 2 is 1.40 bits per heavy atom. The second kappa shape index (κ2) is 18.9. The van der Waals surface area contributed by atoms with Crippen molar-refractivity contribution in [3.63, 3.8) is 0 Å². The van der Waals surface area contributed by atoms with E-state index >= 15 is 0 Å². The third-order valence-electron chi connectivity index (χ3n) is 6.71. The number of hydrogen-bond donors (Lipinski definition) is 0. The third-order valence-corrected chi connectivity index (χ3v) is 6.71. The van der Waals surface area contributed by atoms with Gasteiger partial charge in [-0.25, -0.2) is 9.59 Å². The maximum absolute atomic E-state index is 13.5. The van der Waals surface area contributed by atoms with Crippen molar-refractivity contribution in [1.29, 1.82) is 0 Å². The van der Waals surface area contributed by atoms with Gasteiger partial charge < -0.3 is 14.2 Å². The maximum Gasteiger partial charge on any atom is 0.411 e. The number of rotatable bonds is 19. The Morgan fingerprint density at radius 1 is 0.767 bits per heavy atom. The molecule has 2 aromatic carbocycles. The number of carbonyl (C=O) groups excluding carboxylic acids is 4. The second-order valence-electron chi connectivity index (χ2n) is 11.7. The Kier molecular flexibility index (Phi) is 15.7. The summed E-state index contributed by atoms with van der Waals surface area (Å²) in [6.45, 7) is 10.00. The molecule has 1 amide bonds. The Bertz CT molecular complexity index is 1160. The van der Waals surface area contributed by atoms with E-state index in [1.54, 1.807) is 27.7 Å². The quantitative estimate of drug-likeness (QED) is 0.132. The monoisotopic (exact) mass is 595 g/mol. The van der Waals surface area contributed by atoms with Crippen LogP contribution in [-0.2, 0) is 48.0 Å². The molecule has 236 valence electrons. The SMILES string of the molecule is CCOCC(=O)CCCCCCC(=O)Cc1cccc(CN(C(=O)OC(C)(C)C)[C@@H](Cc2ccccc2)C(=O)OCC)c1. The normalized spacial score (nSPS) is 11.9. The summed E-state index contributed by atoms with van der Waals surface area (Å²) in [5.74, 6) is -0.235. The number of carbonyl (C=O) groups is 4. The number of ether oxygens (including phenoxy) is 3. The molecule has 0 aromatic heterocycles. The van der Waals surface area contributed by atoms with Crippen LogP contribution in [0.4, 0.5) is 4.79 Å². The number of hydrogen-bond acceptors (Lipinski definition) is 7. The van der Waals surface area contributed by atoms with Gasteiger partial charge >= 0.3 is 12.1 Å². The van der Waals surface area contributed by atoms with Crippen molar-refractivity contribution < 1.29 is 33.4 Å². The van der Waals surface area contributed by atoms with Crippen LogP contribution in [0.15, 0.2) is 54.6 Å². The Labute approximate surface area is 257 Å². The van der Waals surface area contributed by atoms with E-state index in [-0.39, 0.29) is 37.7 Å². The number of benzene rings is 2. The lowest BCUT2D eigenvalue weighted by atomic mass is 10.0. The van der Waals surface area contributed by atoms with Crippen LogP contribution in [0.2, 0.25) is 0 Å². The highest BCUT2D eigenvalue weighted by atomic mass is 16.6. The number of ketones is 2. The van der Waals surface area contributed by atoms with Gasteiger partial charge in [0.2, 0.25) is 0 Å². The molecule has 1 atom stereocenters. The summed E-state index contributed by atoms with van der Waals surface area (Å²) >= 11 is 0. The summed E-state index contributed by atoms with van der Waals surface area (Å²) in [5, 5.41) is 0. The summed E-state index contributed by atoms with van der Waals surface area (Å²) in [7, 11) is 0. The van der Waals surface area contributed by atoms with Crippen LogP contribution in [0.1, 0.15) is 89.8 Å². The third kappa shape index (κ3) is 14.5. The molecule has 0 aliphatic heterocycles. The molecule has 0 saturated carbocycles. The average Bonchev–Trinajstić information content (AvgIpc) is 2.95. The Hall–Kier alpha value is -3.52. The summed E-state index contributed by atoms with van der Waals surface area (Å²) in [6, 6.07) is 16.2. The highest BCUT2D eigenvalue weighted by Crippen LogP contribution is 2.20. The zero-order valence-electron chi connectivity index (χ0n) is 26.6. The first-order valence-corrected chi connectivity index (χ1v) is 15.4. The van der Waals surface area contributed by atoms with E-state index in [1.165, 1.54) is 4.90 Å². The number of nitrogens with zero attached hydrogens (tertiary/aromatic N) is 1. The first-order chi connectivity index (χ1) is 20.5. The van der Waals surface area contributed by atoms with Crippen LogP contribution in [-0.4, -0.2) is 60.0 Å². The summed E-state index contributed by atoms with van der Waals surface area (Å²) < 4.78 is 16.2. The highest BCUT2D eigenvalue weighted by molar-refractivity contribution is 5.82. The minimum absolute atomic E-state index is 0.120. The van der Waals surface area contributed by atoms with E-state index in [9.17, 15) is 19.2 Å². The first-order valence-electron chi connectivity index (χ1n) is 15.4. The number of esters is 1. The van der Waals surface area contributed by atoms with E-state index in [0.29, 0.717) is 25.9 Å². The summed E-state index contributed by atoms with van der Waals surface area (Å²) in [4.78, 5) is 52.5. The Morgan fingerprint density at radius 3 is 2.02 bits per heavy atom. The molecule has 0 spiro atoms. The molecule has 0 radical (unpaired) electrons. The fourth-order valence-electron chi connectivity index (χ4n) is 4.66. The van der Waals surface area contributed by atoms with Crippen molar-refractivity contribution in [3.8, 4) is 0 Å². The molecule has 0 unspecified atom stereocenters. The molecule has 8 heteroatoms. The van der Waals surface area contributed by atoms with Gasteiger partial charge in [0.05, 0.1) is 6.61 Å². The minimum atomic E-state index is -0.892. The number of Topliss-reactive ketones (excluding diaryl/α,β-unsaturated/α-hetero) is 2. The van der Waals surface area contributed by atoms with Gasteiger partial charge in [0, 0.05) is 38.8 Å². The number of amides is 1. The maximum atomic E-state index is 13.5. The second-order valence-corrected chi connectivity index (χ2v) is 11.7. The smallest absolute Gasteiger partial charge is 0.411 e. The summed E-state index contributed by atoms with van der Waals surface area (Å²) in [6.07, 6.45) is 4.35. The van der Waals surface area contributed by atoms with Gasteiger partial charge in [0.1, 0.15) is 24.0 Å². The van der Waals surface area contributed by atoms with Gasteiger partial charge in [-0.2, -0.15) is 0 Å². The fourth-order valence-corrected chi connectivity index (χ4v) is 4.66. The molecule has 0 aliphatic rings. The molecule has 0 bridgehead atoms. The van der Waals surface area contributed by atoms with Gasteiger partial charge in [-0.15, -0.1) is 0 Å². The van der Waals surface area contributed by atoms with Crippen molar-refractivity contribution in [2.75, 3.05) is 19.8 Å². The van der Waals surface area contributed by atoms with Crippen LogP contribution in [0.3, 0.4) is 0 Å². The van der Waals surface area contributed by atoms with Gasteiger partial charge in [0.25, 0.3) is 0 Å². The average molecular weight is 596 g/mol. The van der Waals surface area contributed by atoms with Crippen LogP contribution < -0.4 is 0 Å². The van der Waals surface area contributed by atoms with Crippen LogP contribution in [0.5, 0.6) is 0 Å². The molecule has 43 heavy (non-hydrogen) atoms. The van der Waals surface area contributed by atoms with E-state index in [1.807, 2.05) is 61.5 Å². The highest BCUT2D eigenvalue weighted by Gasteiger charge is 2.34. The lowest BCUT2D eigenvalue weighted by Gasteiger charge is -2.32. The van der Waals surface area contributed by atoms with Gasteiger partial charge in [-0.05, 0) is 64.2 Å². The van der Waals surface area contributed by atoms with E-state index < -0.39 is 23.7 Å². The summed E-state index contributed by atoms with van der Waals surface area (Å²) in [5.41, 5.74) is 1.78. The van der Waals surface area contributed by atoms with Crippen molar-refractivity contribution in [1.82, 2.24) is 4.90 Å². The minimum Gasteiger partial charge on any atom is -0.464 e. The molecule has 8 nitrogen and oxygen atoms in total. The van der Waals surface area contributed by atoms with Crippen LogP contribution >= 0.6 is 0 Å². The van der Waals surface area contributed by atoms with Crippen molar-refractivity contribution in [2.45, 2.75) is 104 Å². The standard InChI is InChI=1S/C35H49NO7/c1-6-41-26-31(38)21-14-9-8-13-20-30(37)23-28-18-15-19-29(22-28)25-36(34(40)43-35(3,4)5)32(33(39)42-7-2)24-27-16-11-10-12-17-27/h10-12,15-19,22,32H,6-9,13-14,20-21,23-26H2,1-5H3/t32-/m0/s1. The van der Waals surface area contributed by atoms with Gasteiger partial charge in [-0.3, -0.25) is 14.5 Å². The van der Waals surface area contributed by atoms with Crippen molar-refractivity contribution in [3.05, 3.63) is 71.3 Å². The van der Waals surface area contributed by atoms with Crippen LogP contribution in [0.25, 0.3) is 0 Å². The zero-order valence-corrected chi connectivity index (χ0v) is 26.6.